The largest absolute Gasteiger partial charge is 0.299 e. The highest BCUT2D eigenvalue weighted by Crippen LogP contribution is 2.03. The Balaban J connectivity index is 0.000000386. The van der Waals surface area contributed by atoms with Crippen LogP contribution in [0.25, 0.3) is 10.9 Å². The van der Waals surface area contributed by atoms with Crippen LogP contribution in [0.3, 0.4) is 0 Å². The van der Waals surface area contributed by atoms with E-state index in [-0.39, 0.29) is 5.56 Å². The van der Waals surface area contributed by atoms with Crippen LogP contribution in [0.5, 0.6) is 0 Å². The van der Waals surface area contributed by atoms with E-state index in [1.807, 2.05) is 25.1 Å². The van der Waals surface area contributed by atoms with E-state index in [2.05, 4.69) is 18.8 Å². The van der Waals surface area contributed by atoms with Gasteiger partial charge >= 0.3 is 0 Å². The van der Waals surface area contributed by atoms with Crippen LogP contribution in [-0.4, -0.2) is 9.55 Å². The summed E-state index contributed by atoms with van der Waals surface area (Å²) in [5.74, 6) is 0. The van der Waals surface area contributed by atoms with Crippen molar-refractivity contribution in [3.05, 3.63) is 40.9 Å². The summed E-state index contributed by atoms with van der Waals surface area (Å²) in [6, 6.07) is 7.38. The van der Waals surface area contributed by atoms with Gasteiger partial charge in [0.15, 0.2) is 0 Å². The SMILES string of the molecule is CCC.CCn1cnc2ccccc2c1=O. The first-order valence-corrected chi connectivity index (χ1v) is 5.68. The van der Waals surface area contributed by atoms with Crippen molar-refractivity contribution in [1.82, 2.24) is 9.55 Å². The molecule has 3 heteroatoms. The van der Waals surface area contributed by atoms with Crippen molar-refractivity contribution in [3.8, 4) is 0 Å². The molecule has 0 atom stereocenters. The van der Waals surface area contributed by atoms with Gasteiger partial charge in [-0.15, -0.1) is 0 Å². The van der Waals surface area contributed by atoms with E-state index in [0.29, 0.717) is 11.9 Å². The van der Waals surface area contributed by atoms with Crippen LogP contribution in [0.1, 0.15) is 27.2 Å². The normalized spacial score (nSPS) is 9.69. The third kappa shape index (κ3) is 2.69. The quantitative estimate of drug-likeness (QED) is 0.737. The molecule has 0 fully saturated rings. The molecule has 0 aliphatic heterocycles. The van der Waals surface area contributed by atoms with Gasteiger partial charge in [-0.2, -0.15) is 0 Å². The van der Waals surface area contributed by atoms with E-state index in [0.717, 1.165) is 5.52 Å². The monoisotopic (exact) mass is 218 g/mol. The maximum Gasteiger partial charge on any atom is 0.261 e. The van der Waals surface area contributed by atoms with Gasteiger partial charge in [0.05, 0.1) is 17.2 Å². The first-order chi connectivity index (χ1) is 7.74. The number of para-hydroxylation sites is 1. The fraction of sp³-hybridized carbons (Fsp3) is 0.385. The first-order valence-electron chi connectivity index (χ1n) is 5.68. The van der Waals surface area contributed by atoms with Gasteiger partial charge in [0.25, 0.3) is 5.56 Å². The Bertz CT molecular complexity index is 503. The molecule has 0 N–H and O–H groups in total. The zero-order chi connectivity index (χ0) is 12.0. The summed E-state index contributed by atoms with van der Waals surface area (Å²) in [5.41, 5.74) is 0.797. The molecular formula is C13H18N2O. The maximum atomic E-state index is 11.7. The number of aromatic nitrogens is 2. The summed E-state index contributed by atoms with van der Waals surface area (Å²) in [6.07, 6.45) is 2.84. The Morgan fingerprint density at radius 3 is 2.44 bits per heavy atom. The van der Waals surface area contributed by atoms with Gasteiger partial charge in [0.1, 0.15) is 0 Å². The second kappa shape index (κ2) is 6.05. The summed E-state index contributed by atoms with van der Waals surface area (Å²) in [7, 11) is 0. The van der Waals surface area contributed by atoms with Gasteiger partial charge in [-0.05, 0) is 19.1 Å². The van der Waals surface area contributed by atoms with Crippen LogP contribution in [0.2, 0.25) is 0 Å². The maximum absolute atomic E-state index is 11.7. The van der Waals surface area contributed by atoms with Crippen molar-refractivity contribution in [1.29, 1.82) is 0 Å². The lowest BCUT2D eigenvalue weighted by Crippen LogP contribution is -2.19. The summed E-state index contributed by atoms with van der Waals surface area (Å²) in [5, 5.41) is 0.687. The Hall–Kier alpha value is -1.64. The summed E-state index contributed by atoms with van der Waals surface area (Å²) in [4.78, 5) is 15.9. The van der Waals surface area contributed by atoms with Crippen LogP contribution >= 0.6 is 0 Å². The lowest BCUT2D eigenvalue weighted by molar-refractivity contribution is 0.717. The minimum atomic E-state index is 0.0353. The van der Waals surface area contributed by atoms with Crippen LogP contribution in [0, 0.1) is 0 Å². The van der Waals surface area contributed by atoms with Crippen molar-refractivity contribution in [2.75, 3.05) is 0 Å². The summed E-state index contributed by atoms with van der Waals surface area (Å²) in [6.45, 7) is 6.84. The second-order valence-corrected chi connectivity index (χ2v) is 3.56. The molecule has 16 heavy (non-hydrogen) atoms. The predicted molar refractivity (Wildman–Crippen MR) is 67.6 cm³/mol. The number of hydrogen-bond acceptors (Lipinski definition) is 2. The molecule has 3 nitrogen and oxygen atoms in total. The summed E-state index contributed by atoms with van der Waals surface area (Å²) >= 11 is 0. The van der Waals surface area contributed by atoms with Gasteiger partial charge < -0.3 is 0 Å². The third-order valence-corrected chi connectivity index (χ3v) is 2.07. The van der Waals surface area contributed by atoms with E-state index in [9.17, 15) is 4.79 Å². The molecule has 2 aromatic rings. The molecule has 0 spiro atoms. The number of fused-ring (bicyclic) bond motifs is 1. The lowest BCUT2D eigenvalue weighted by atomic mass is 10.2. The van der Waals surface area contributed by atoms with E-state index in [4.69, 9.17) is 0 Å². The van der Waals surface area contributed by atoms with E-state index < -0.39 is 0 Å². The molecule has 2 rings (SSSR count). The number of aryl methyl sites for hydroxylation is 1. The van der Waals surface area contributed by atoms with Gasteiger partial charge in [0, 0.05) is 6.54 Å². The molecule has 0 radical (unpaired) electrons. The average Bonchev–Trinajstić information content (AvgIpc) is 2.31. The summed E-state index contributed by atoms with van der Waals surface area (Å²) < 4.78 is 1.60. The topological polar surface area (TPSA) is 34.9 Å². The highest BCUT2D eigenvalue weighted by molar-refractivity contribution is 5.76. The zero-order valence-electron chi connectivity index (χ0n) is 10.1. The van der Waals surface area contributed by atoms with Gasteiger partial charge in [-0.25, -0.2) is 4.98 Å². The smallest absolute Gasteiger partial charge is 0.261 e. The fourth-order valence-corrected chi connectivity index (χ4v) is 1.33. The molecule has 0 amide bonds. The number of rotatable bonds is 1. The molecule has 0 aliphatic carbocycles. The molecule has 0 aliphatic rings. The van der Waals surface area contributed by atoms with Crippen LogP contribution in [0.4, 0.5) is 0 Å². The van der Waals surface area contributed by atoms with Crippen LogP contribution in [-0.2, 0) is 6.54 Å². The standard InChI is InChI=1S/C10H10N2O.C3H8/c1-2-12-7-11-9-6-4-3-5-8(9)10(12)13;1-3-2/h3-7H,2H2,1H3;3H2,1-2H3. The molecule has 0 saturated heterocycles. The van der Waals surface area contributed by atoms with E-state index in [1.165, 1.54) is 6.42 Å². The van der Waals surface area contributed by atoms with Gasteiger partial charge in [-0.1, -0.05) is 32.4 Å². The van der Waals surface area contributed by atoms with Crippen molar-refractivity contribution in [3.63, 3.8) is 0 Å². The average molecular weight is 218 g/mol. The second-order valence-electron chi connectivity index (χ2n) is 3.56. The van der Waals surface area contributed by atoms with E-state index >= 15 is 0 Å². The van der Waals surface area contributed by atoms with Gasteiger partial charge in [-0.3, -0.25) is 9.36 Å². The molecule has 1 aromatic carbocycles. The molecule has 0 unspecified atom stereocenters. The minimum Gasteiger partial charge on any atom is -0.299 e. The van der Waals surface area contributed by atoms with Crippen molar-refractivity contribution in [2.24, 2.45) is 0 Å². The number of benzene rings is 1. The zero-order valence-corrected chi connectivity index (χ0v) is 10.1. The molecule has 1 aromatic heterocycles. The van der Waals surface area contributed by atoms with Crippen molar-refractivity contribution < 1.29 is 0 Å². The molecule has 86 valence electrons. The van der Waals surface area contributed by atoms with Crippen molar-refractivity contribution in [2.45, 2.75) is 33.7 Å². The van der Waals surface area contributed by atoms with Crippen molar-refractivity contribution >= 4 is 10.9 Å². The van der Waals surface area contributed by atoms with E-state index in [1.54, 1.807) is 17.0 Å². The highest BCUT2D eigenvalue weighted by Gasteiger charge is 2.00. The third-order valence-electron chi connectivity index (χ3n) is 2.07. The number of hydrogen-bond donors (Lipinski definition) is 0. The van der Waals surface area contributed by atoms with Gasteiger partial charge in [0.2, 0.25) is 0 Å². The van der Waals surface area contributed by atoms with Crippen LogP contribution < -0.4 is 5.56 Å². The fourth-order valence-electron chi connectivity index (χ4n) is 1.33. The number of nitrogens with zero attached hydrogens (tertiary/aromatic N) is 2. The Labute approximate surface area is 95.8 Å². The molecular weight excluding hydrogens is 200 g/mol. The molecule has 1 heterocycles. The Morgan fingerprint density at radius 1 is 1.19 bits per heavy atom. The predicted octanol–water partition coefficient (Wildman–Crippen LogP) is 2.83. The minimum absolute atomic E-state index is 0.0353. The molecule has 0 saturated carbocycles. The first kappa shape index (κ1) is 12.4. The highest BCUT2D eigenvalue weighted by atomic mass is 16.1. The lowest BCUT2D eigenvalue weighted by Gasteiger charge is -2.01. The van der Waals surface area contributed by atoms with Crippen LogP contribution in [0.15, 0.2) is 35.4 Å². The Kier molecular flexibility index (Phi) is 4.70. The Morgan fingerprint density at radius 2 is 1.81 bits per heavy atom. The molecule has 0 bridgehead atoms.